The largest absolute Gasteiger partial charge is 0.297 e. The third-order valence-corrected chi connectivity index (χ3v) is 5.14. The fraction of sp³-hybridized carbons (Fsp3) is 0.0870. The molecule has 3 nitrogen and oxygen atoms in total. The first-order valence-corrected chi connectivity index (χ1v) is 8.97. The molecule has 0 bridgehead atoms. The Hall–Kier alpha value is -2.75. The van der Waals surface area contributed by atoms with Gasteiger partial charge >= 0.3 is 0 Å². The van der Waals surface area contributed by atoms with Gasteiger partial charge in [-0.05, 0) is 23.3 Å². The number of fused-ring (bicyclic) bond motifs is 1. The zero-order chi connectivity index (χ0) is 19.0. The Morgan fingerprint density at radius 1 is 0.714 bits per heavy atom. The summed E-state index contributed by atoms with van der Waals surface area (Å²) in [5, 5.41) is 0.554. The molecule has 1 aliphatic rings. The molecule has 0 aromatic heterocycles. The van der Waals surface area contributed by atoms with Crippen molar-refractivity contribution in [2.45, 2.75) is 5.92 Å². The van der Waals surface area contributed by atoms with E-state index < -0.39 is 29.2 Å². The molecule has 3 aromatic rings. The topological polar surface area (TPSA) is 51.2 Å². The highest BCUT2D eigenvalue weighted by Crippen LogP contribution is 2.35. The van der Waals surface area contributed by atoms with E-state index in [1.165, 1.54) is 0 Å². The number of rotatable bonds is 4. The van der Waals surface area contributed by atoms with Crippen molar-refractivity contribution in [1.29, 1.82) is 0 Å². The van der Waals surface area contributed by atoms with Gasteiger partial charge < -0.3 is 0 Å². The van der Waals surface area contributed by atoms with Crippen LogP contribution >= 0.6 is 24.0 Å². The highest BCUT2D eigenvalue weighted by Gasteiger charge is 2.45. The maximum atomic E-state index is 13.4. The fourth-order valence-electron chi connectivity index (χ4n) is 3.59. The number of ketones is 3. The van der Waals surface area contributed by atoms with Crippen LogP contribution in [-0.2, 0) is 4.79 Å². The van der Waals surface area contributed by atoms with Crippen LogP contribution in [0.2, 0.25) is 5.02 Å². The summed E-state index contributed by atoms with van der Waals surface area (Å²) in [4.78, 5) is 39.1. The molecule has 4 rings (SSSR count). The van der Waals surface area contributed by atoms with Gasteiger partial charge in [0, 0.05) is 16.1 Å². The molecule has 1 atom stereocenters. The standard InChI is InChI=1S/C23H15ClO3.ClH/c24-16-12-10-15(11-13-16)19(14-6-2-1-3-7-14)23(27)20-21(25)17-8-4-5-9-18(17)22(20)26;/h1-13,19-20H;1H. The van der Waals surface area contributed by atoms with E-state index in [0.29, 0.717) is 21.7 Å². The molecule has 0 saturated carbocycles. The zero-order valence-corrected chi connectivity index (χ0v) is 16.2. The van der Waals surface area contributed by atoms with E-state index >= 15 is 0 Å². The molecule has 0 fully saturated rings. The van der Waals surface area contributed by atoms with Gasteiger partial charge in [-0.2, -0.15) is 0 Å². The minimum absolute atomic E-state index is 0. The summed E-state index contributed by atoms with van der Waals surface area (Å²) in [6.45, 7) is 0. The molecule has 0 N–H and O–H groups in total. The number of carbonyl (C=O) groups is 3. The van der Waals surface area contributed by atoms with E-state index in [1.54, 1.807) is 48.5 Å². The molecule has 0 amide bonds. The predicted molar refractivity (Wildman–Crippen MR) is 111 cm³/mol. The first-order chi connectivity index (χ1) is 13.1. The minimum Gasteiger partial charge on any atom is -0.297 e. The number of hydrogen-bond acceptors (Lipinski definition) is 3. The second-order valence-corrected chi connectivity index (χ2v) is 6.94. The van der Waals surface area contributed by atoms with Gasteiger partial charge in [-0.15, -0.1) is 12.4 Å². The van der Waals surface area contributed by atoms with Crippen molar-refractivity contribution in [3.05, 3.63) is 106 Å². The molecule has 0 aliphatic heterocycles. The van der Waals surface area contributed by atoms with E-state index in [4.69, 9.17) is 11.6 Å². The highest BCUT2D eigenvalue weighted by atomic mass is 35.5. The first kappa shape index (κ1) is 20.0. The Morgan fingerprint density at radius 3 is 1.71 bits per heavy atom. The van der Waals surface area contributed by atoms with Crippen LogP contribution in [0.3, 0.4) is 0 Å². The lowest BCUT2D eigenvalue weighted by Gasteiger charge is -2.19. The predicted octanol–water partition coefficient (Wildman–Crippen LogP) is 5.16. The Labute approximate surface area is 173 Å². The van der Waals surface area contributed by atoms with E-state index in [9.17, 15) is 14.4 Å². The van der Waals surface area contributed by atoms with Gasteiger partial charge in [0.25, 0.3) is 0 Å². The second-order valence-electron chi connectivity index (χ2n) is 6.50. The van der Waals surface area contributed by atoms with Crippen molar-refractivity contribution in [2.75, 3.05) is 0 Å². The summed E-state index contributed by atoms with van der Waals surface area (Å²) in [6.07, 6.45) is 0. The summed E-state index contributed by atoms with van der Waals surface area (Å²) in [5.74, 6) is -3.26. The SMILES string of the molecule is Cl.O=C1c2ccccc2C(=O)C1C(=O)C(c1ccccc1)c1ccc(Cl)cc1. The summed E-state index contributed by atoms with van der Waals surface area (Å²) in [7, 11) is 0. The van der Waals surface area contributed by atoms with Gasteiger partial charge in [0.05, 0.1) is 5.92 Å². The van der Waals surface area contributed by atoms with E-state index in [0.717, 1.165) is 5.56 Å². The Kier molecular flexibility index (Phi) is 5.78. The number of Topliss-reactive ketones (excluding diaryl/α,β-unsaturated/α-hetero) is 3. The summed E-state index contributed by atoms with van der Waals surface area (Å²) in [6, 6.07) is 22.7. The zero-order valence-electron chi connectivity index (χ0n) is 14.7. The number of hydrogen-bond donors (Lipinski definition) is 0. The lowest BCUT2D eigenvalue weighted by atomic mass is 9.80. The third-order valence-electron chi connectivity index (χ3n) is 4.89. The van der Waals surface area contributed by atoms with Gasteiger partial charge in [0.2, 0.25) is 0 Å². The minimum atomic E-state index is -1.30. The molecule has 1 unspecified atom stereocenters. The van der Waals surface area contributed by atoms with Gasteiger partial charge in [0.15, 0.2) is 17.3 Å². The third kappa shape index (κ3) is 3.39. The quantitative estimate of drug-likeness (QED) is 0.558. The first-order valence-electron chi connectivity index (χ1n) is 8.59. The van der Waals surface area contributed by atoms with Crippen LogP contribution in [0.15, 0.2) is 78.9 Å². The van der Waals surface area contributed by atoms with Crippen molar-refractivity contribution >= 4 is 41.4 Å². The molecule has 1 aliphatic carbocycles. The van der Waals surface area contributed by atoms with E-state index in [-0.39, 0.29) is 12.4 Å². The van der Waals surface area contributed by atoms with Crippen LogP contribution in [0.25, 0.3) is 0 Å². The molecule has 140 valence electrons. The Balaban J connectivity index is 0.00000225. The normalized spacial score (nSPS) is 14.3. The number of carbonyl (C=O) groups excluding carboxylic acids is 3. The van der Waals surface area contributed by atoms with Crippen LogP contribution in [0.4, 0.5) is 0 Å². The summed E-state index contributed by atoms with van der Waals surface area (Å²) < 4.78 is 0. The Morgan fingerprint density at radius 2 is 1.18 bits per heavy atom. The average Bonchev–Trinajstić information content (AvgIpc) is 2.95. The molecule has 5 heteroatoms. The highest BCUT2D eigenvalue weighted by molar-refractivity contribution is 6.36. The average molecular weight is 411 g/mol. The Bertz CT molecular complexity index is 1010. The monoisotopic (exact) mass is 410 g/mol. The van der Waals surface area contributed by atoms with Crippen molar-refractivity contribution in [3.63, 3.8) is 0 Å². The molecule has 0 heterocycles. The van der Waals surface area contributed by atoms with Crippen molar-refractivity contribution in [1.82, 2.24) is 0 Å². The van der Waals surface area contributed by atoms with Crippen LogP contribution in [0.1, 0.15) is 37.8 Å². The van der Waals surface area contributed by atoms with E-state index in [2.05, 4.69) is 0 Å². The smallest absolute Gasteiger partial charge is 0.181 e. The van der Waals surface area contributed by atoms with Crippen molar-refractivity contribution in [3.8, 4) is 0 Å². The van der Waals surface area contributed by atoms with Crippen molar-refractivity contribution < 1.29 is 14.4 Å². The number of halogens is 2. The molecule has 3 aromatic carbocycles. The van der Waals surface area contributed by atoms with Gasteiger partial charge in [0.1, 0.15) is 5.92 Å². The fourth-order valence-corrected chi connectivity index (χ4v) is 3.72. The lowest BCUT2D eigenvalue weighted by Crippen LogP contribution is -2.31. The van der Waals surface area contributed by atoms with Crippen LogP contribution < -0.4 is 0 Å². The van der Waals surface area contributed by atoms with Crippen LogP contribution in [0.5, 0.6) is 0 Å². The van der Waals surface area contributed by atoms with Gasteiger partial charge in [-0.1, -0.05) is 78.3 Å². The molecular weight excluding hydrogens is 395 g/mol. The van der Waals surface area contributed by atoms with Crippen molar-refractivity contribution in [2.24, 2.45) is 5.92 Å². The maximum Gasteiger partial charge on any atom is 0.181 e. The molecule has 0 spiro atoms. The maximum absolute atomic E-state index is 13.4. The summed E-state index contributed by atoms with van der Waals surface area (Å²) in [5.41, 5.74) is 2.08. The van der Waals surface area contributed by atoms with Gasteiger partial charge in [-0.25, -0.2) is 0 Å². The van der Waals surface area contributed by atoms with E-state index in [1.807, 2.05) is 30.3 Å². The number of benzene rings is 3. The van der Waals surface area contributed by atoms with Gasteiger partial charge in [-0.3, -0.25) is 14.4 Å². The van der Waals surface area contributed by atoms with Crippen LogP contribution in [-0.4, -0.2) is 17.3 Å². The van der Waals surface area contributed by atoms with Crippen LogP contribution in [0, 0.1) is 5.92 Å². The molecular formula is C23H16Cl2O3. The second kappa shape index (κ2) is 8.09. The summed E-state index contributed by atoms with van der Waals surface area (Å²) >= 11 is 5.98. The molecule has 0 radical (unpaired) electrons. The lowest BCUT2D eigenvalue weighted by molar-refractivity contribution is -0.120. The molecule has 0 saturated heterocycles. The molecule has 28 heavy (non-hydrogen) atoms.